The van der Waals surface area contributed by atoms with Gasteiger partial charge in [-0.3, -0.25) is 9.79 Å². The molecule has 2 N–H and O–H groups in total. The van der Waals surface area contributed by atoms with Gasteiger partial charge in [-0.1, -0.05) is 30.3 Å². The molecule has 2 amide bonds. The van der Waals surface area contributed by atoms with Crippen LogP contribution in [0.25, 0.3) is 0 Å². The normalized spacial score (nSPS) is 17.8. The van der Waals surface area contributed by atoms with Gasteiger partial charge in [0.1, 0.15) is 5.84 Å². The Bertz CT molecular complexity index is 1140. The number of carboxylic acids is 1. The zero-order valence-corrected chi connectivity index (χ0v) is 19.8. The number of fused-ring (bicyclic) bond motifs is 1. The molecule has 36 heavy (non-hydrogen) atoms. The van der Waals surface area contributed by atoms with Crippen molar-refractivity contribution in [3.8, 4) is 0 Å². The number of urea groups is 1. The fourth-order valence-electron chi connectivity index (χ4n) is 4.67. The van der Waals surface area contributed by atoms with Crippen LogP contribution < -0.4 is 5.32 Å². The van der Waals surface area contributed by atoms with E-state index in [1.165, 1.54) is 22.6 Å². The molecule has 10 heteroatoms. The standard InChI is InChI=1S/C26H29F3N4O3/c27-26(28,29)20-8-5-7-19(16-20)22(17-24(34)35)33-15-14-32(25(33)36)13-4-3-12-30-23-11-10-18-6-1-2-9-21(18)31-23/h1-2,5-9,16,22H,3-4,10-15,17H2,(H,30,31)(H,34,35). The van der Waals surface area contributed by atoms with E-state index in [2.05, 4.69) is 16.4 Å². The van der Waals surface area contributed by atoms with Crippen LogP contribution in [0.2, 0.25) is 0 Å². The summed E-state index contributed by atoms with van der Waals surface area (Å²) < 4.78 is 39.5. The number of hydrogen-bond donors (Lipinski definition) is 2. The molecule has 0 bridgehead atoms. The highest BCUT2D eigenvalue weighted by Crippen LogP contribution is 2.34. The maximum atomic E-state index is 13.2. The molecule has 0 aliphatic carbocycles. The minimum absolute atomic E-state index is 0.166. The summed E-state index contributed by atoms with van der Waals surface area (Å²) in [6.07, 6.45) is -1.71. The molecule has 0 saturated carbocycles. The molecular formula is C26H29F3N4O3. The van der Waals surface area contributed by atoms with Crippen LogP contribution in [0.5, 0.6) is 0 Å². The number of para-hydroxylation sites is 1. The van der Waals surface area contributed by atoms with Crippen molar-refractivity contribution in [1.29, 1.82) is 0 Å². The van der Waals surface area contributed by atoms with Gasteiger partial charge in [0.05, 0.1) is 18.0 Å². The molecule has 0 aromatic heterocycles. The van der Waals surface area contributed by atoms with Gasteiger partial charge in [-0.25, -0.2) is 4.79 Å². The molecule has 0 spiro atoms. The Hall–Kier alpha value is -3.56. The maximum Gasteiger partial charge on any atom is 0.416 e. The molecule has 4 rings (SSSR count). The second-order valence-electron chi connectivity index (χ2n) is 9.02. The molecule has 0 radical (unpaired) electrons. The third-order valence-corrected chi connectivity index (χ3v) is 6.54. The molecule has 2 heterocycles. The number of unbranched alkanes of at least 4 members (excludes halogenated alkanes) is 1. The number of aliphatic imine (C=N–C) groups is 1. The number of nitrogens with one attached hydrogen (secondary N) is 1. The van der Waals surface area contributed by atoms with Crippen molar-refractivity contribution in [2.24, 2.45) is 4.99 Å². The predicted molar refractivity (Wildman–Crippen MR) is 130 cm³/mol. The largest absolute Gasteiger partial charge is 0.481 e. The maximum absolute atomic E-state index is 13.2. The Labute approximate surface area is 207 Å². The lowest BCUT2D eigenvalue weighted by molar-refractivity contribution is -0.138. The lowest BCUT2D eigenvalue weighted by atomic mass is 10.00. The molecule has 7 nitrogen and oxygen atoms in total. The van der Waals surface area contributed by atoms with Gasteiger partial charge in [-0.15, -0.1) is 0 Å². The highest BCUT2D eigenvalue weighted by atomic mass is 19.4. The Morgan fingerprint density at radius 2 is 1.89 bits per heavy atom. The quantitative estimate of drug-likeness (QED) is 0.462. The van der Waals surface area contributed by atoms with Crippen molar-refractivity contribution in [1.82, 2.24) is 9.80 Å². The molecule has 2 aliphatic heterocycles. The van der Waals surface area contributed by atoms with Crippen LogP contribution in [0, 0.1) is 0 Å². The molecule has 2 aliphatic rings. The topological polar surface area (TPSA) is 85.2 Å². The van der Waals surface area contributed by atoms with Gasteiger partial charge < -0.3 is 20.2 Å². The number of hydrogen-bond acceptors (Lipinski definition) is 3. The smallest absolute Gasteiger partial charge is 0.416 e. The van der Waals surface area contributed by atoms with E-state index in [1.54, 1.807) is 4.90 Å². The first-order chi connectivity index (χ1) is 17.2. The molecule has 1 atom stereocenters. The van der Waals surface area contributed by atoms with Crippen LogP contribution in [0.4, 0.5) is 23.7 Å². The van der Waals surface area contributed by atoms with Crippen molar-refractivity contribution in [2.75, 3.05) is 31.5 Å². The van der Waals surface area contributed by atoms with Crippen molar-refractivity contribution in [3.63, 3.8) is 0 Å². The van der Waals surface area contributed by atoms with Gasteiger partial charge in [-0.05, 0) is 48.6 Å². The molecule has 1 unspecified atom stereocenters. The van der Waals surface area contributed by atoms with E-state index in [0.717, 1.165) is 49.3 Å². The summed E-state index contributed by atoms with van der Waals surface area (Å²) in [7, 11) is 0. The van der Waals surface area contributed by atoms with Crippen LogP contribution in [0.1, 0.15) is 48.4 Å². The summed E-state index contributed by atoms with van der Waals surface area (Å²) in [5.41, 5.74) is 1.66. The molecule has 192 valence electrons. The average Bonchev–Trinajstić information content (AvgIpc) is 3.21. The van der Waals surface area contributed by atoms with Crippen molar-refractivity contribution in [3.05, 3.63) is 65.2 Å². The average molecular weight is 503 g/mol. The molecule has 2 aromatic rings. The summed E-state index contributed by atoms with van der Waals surface area (Å²) >= 11 is 0. The first-order valence-corrected chi connectivity index (χ1v) is 12.0. The SMILES string of the molecule is O=C(O)CC(c1cccc(C(F)(F)F)c1)N1CCN(CCCCN=C2CCc3ccccc3N2)C1=O. The van der Waals surface area contributed by atoms with Crippen LogP contribution in [0.3, 0.4) is 0 Å². The van der Waals surface area contributed by atoms with Gasteiger partial charge in [0, 0.05) is 38.3 Å². The van der Waals surface area contributed by atoms with E-state index < -0.39 is 30.2 Å². The number of benzene rings is 2. The number of aliphatic carboxylic acids is 1. The van der Waals surface area contributed by atoms with Crippen molar-refractivity contribution >= 4 is 23.5 Å². The number of alkyl halides is 3. The van der Waals surface area contributed by atoms with Crippen molar-refractivity contribution in [2.45, 2.75) is 44.3 Å². The van der Waals surface area contributed by atoms with E-state index >= 15 is 0 Å². The van der Waals surface area contributed by atoms with E-state index in [0.29, 0.717) is 19.6 Å². The van der Waals surface area contributed by atoms with Gasteiger partial charge in [0.15, 0.2) is 0 Å². The summed E-state index contributed by atoms with van der Waals surface area (Å²) in [6, 6.07) is 11.4. The second kappa shape index (κ2) is 11.0. The second-order valence-corrected chi connectivity index (χ2v) is 9.02. The van der Waals surface area contributed by atoms with Gasteiger partial charge in [0.25, 0.3) is 0 Å². The Kier molecular flexibility index (Phi) is 7.81. The predicted octanol–water partition coefficient (Wildman–Crippen LogP) is 5.20. The van der Waals surface area contributed by atoms with Gasteiger partial charge in [-0.2, -0.15) is 13.2 Å². The van der Waals surface area contributed by atoms with Crippen LogP contribution in [-0.2, 0) is 17.4 Å². The van der Waals surface area contributed by atoms with E-state index in [9.17, 15) is 27.9 Å². The monoisotopic (exact) mass is 502 g/mol. The number of carboxylic acid groups (broad SMARTS) is 1. The first-order valence-electron chi connectivity index (χ1n) is 12.0. The summed E-state index contributed by atoms with van der Waals surface area (Å²) in [4.78, 5) is 32.1. The Morgan fingerprint density at radius 1 is 1.08 bits per heavy atom. The highest BCUT2D eigenvalue weighted by molar-refractivity contribution is 5.98. The van der Waals surface area contributed by atoms with E-state index in [1.807, 2.05) is 18.2 Å². The molecule has 1 saturated heterocycles. The minimum atomic E-state index is -4.55. The number of rotatable bonds is 9. The van der Waals surface area contributed by atoms with Crippen LogP contribution >= 0.6 is 0 Å². The highest BCUT2D eigenvalue weighted by Gasteiger charge is 2.37. The number of halogens is 3. The fourth-order valence-corrected chi connectivity index (χ4v) is 4.67. The third kappa shape index (κ3) is 6.16. The van der Waals surface area contributed by atoms with Crippen LogP contribution in [-0.4, -0.2) is 58.9 Å². The summed E-state index contributed by atoms with van der Waals surface area (Å²) in [5.74, 6) is -0.226. The fraction of sp³-hybridized carbons (Fsp3) is 0.423. The lowest BCUT2D eigenvalue weighted by Gasteiger charge is -2.28. The number of carbonyl (C=O) groups excluding carboxylic acids is 1. The zero-order valence-electron chi connectivity index (χ0n) is 19.8. The first kappa shape index (κ1) is 25.5. The molecule has 2 aromatic carbocycles. The number of anilines is 1. The number of aryl methyl sites for hydroxylation is 1. The van der Waals surface area contributed by atoms with Gasteiger partial charge in [0.2, 0.25) is 0 Å². The van der Waals surface area contributed by atoms with Gasteiger partial charge >= 0.3 is 18.2 Å². The number of amidine groups is 1. The zero-order chi connectivity index (χ0) is 25.7. The number of carbonyl (C=O) groups is 2. The van der Waals surface area contributed by atoms with Crippen molar-refractivity contribution < 1.29 is 27.9 Å². The van der Waals surface area contributed by atoms with Crippen LogP contribution in [0.15, 0.2) is 53.5 Å². The molecular weight excluding hydrogens is 473 g/mol. The third-order valence-electron chi connectivity index (χ3n) is 6.54. The number of nitrogens with zero attached hydrogens (tertiary/aromatic N) is 3. The van der Waals surface area contributed by atoms with E-state index in [-0.39, 0.29) is 18.1 Å². The number of amides is 2. The summed E-state index contributed by atoms with van der Waals surface area (Å²) in [5, 5.41) is 12.7. The Balaban J connectivity index is 1.31. The summed E-state index contributed by atoms with van der Waals surface area (Å²) in [6.45, 7) is 1.78. The lowest BCUT2D eigenvalue weighted by Crippen LogP contribution is -2.36. The molecule has 1 fully saturated rings. The van der Waals surface area contributed by atoms with E-state index in [4.69, 9.17) is 0 Å². The Morgan fingerprint density at radius 3 is 2.67 bits per heavy atom. The minimum Gasteiger partial charge on any atom is -0.481 e.